The lowest BCUT2D eigenvalue weighted by Gasteiger charge is -2.27. The molecule has 1 saturated heterocycles. The van der Waals surface area contributed by atoms with Gasteiger partial charge in [0.2, 0.25) is 0 Å². The van der Waals surface area contributed by atoms with Crippen LogP contribution in [0.1, 0.15) is 37.6 Å². The van der Waals surface area contributed by atoms with Gasteiger partial charge in [0.15, 0.2) is 0 Å². The van der Waals surface area contributed by atoms with Crippen LogP contribution in [0.2, 0.25) is 0 Å². The molecule has 0 bridgehead atoms. The van der Waals surface area contributed by atoms with Crippen LogP contribution in [0, 0.1) is 5.41 Å². The fraction of sp³-hybridized carbons (Fsp3) is 0.769. The highest BCUT2D eigenvalue weighted by atomic mass is 32.1. The Kier molecular flexibility index (Phi) is 4.54. The lowest BCUT2D eigenvalue weighted by atomic mass is 9.84. The van der Waals surface area contributed by atoms with E-state index in [1.165, 1.54) is 30.9 Å². The fourth-order valence-electron chi connectivity index (χ4n) is 2.49. The molecule has 96 valence electrons. The second-order valence-electron chi connectivity index (χ2n) is 5.18. The first kappa shape index (κ1) is 13.0. The second-order valence-corrected chi connectivity index (χ2v) is 6.11. The molecule has 0 spiro atoms. The zero-order chi connectivity index (χ0) is 12.1. The van der Waals surface area contributed by atoms with Gasteiger partial charge in [-0.1, -0.05) is 13.8 Å². The number of nitrogens with one attached hydrogen (secondary N) is 2. The second kappa shape index (κ2) is 5.94. The van der Waals surface area contributed by atoms with Crippen LogP contribution in [0.25, 0.3) is 0 Å². The Hall–Kier alpha value is -0.450. The van der Waals surface area contributed by atoms with E-state index in [0.29, 0.717) is 11.3 Å². The summed E-state index contributed by atoms with van der Waals surface area (Å²) in [6.07, 6.45) is 4.46. The molecule has 1 fully saturated rings. The van der Waals surface area contributed by atoms with Crippen molar-refractivity contribution in [3.8, 4) is 0 Å². The van der Waals surface area contributed by atoms with Crippen LogP contribution in [-0.4, -0.2) is 31.2 Å². The summed E-state index contributed by atoms with van der Waals surface area (Å²) >= 11 is 1.76. The standard InChI is InChI=1S/C13H23N3S/c1-3-13(4-5-14-9-13)10-15-8-11(2)12-16-6-7-17-12/h6-7,11,14-15H,3-5,8-10H2,1-2H3. The van der Waals surface area contributed by atoms with Gasteiger partial charge in [-0.25, -0.2) is 4.98 Å². The molecule has 1 aliphatic rings. The van der Waals surface area contributed by atoms with Crippen molar-refractivity contribution in [2.75, 3.05) is 26.2 Å². The molecule has 0 aliphatic carbocycles. The van der Waals surface area contributed by atoms with Gasteiger partial charge in [-0.3, -0.25) is 0 Å². The van der Waals surface area contributed by atoms with E-state index in [1.54, 1.807) is 11.3 Å². The molecule has 1 aliphatic heterocycles. The Bertz CT molecular complexity index is 317. The summed E-state index contributed by atoms with van der Waals surface area (Å²) in [7, 11) is 0. The van der Waals surface area contributed by atoms with Crippen molar-refractivity contribution in [1.29, 1.82) is 0 Å². The molecule has 1 aromatic rings. The first-order valence-electron chi connectivity index (χ1n) is 6.56. The van der Waals surface area contributed by atoms with E-state index in [2.05, 4.69) is 34.8 Å². The van der Waals surface area contributed by atoms with Crippen molar-refractivity contribution in [2.45, 2.75) is 32.6 Å². The Balaban J connectivity index is 1.75. The lowest BCUT2D eigenvalue weighted by Crippen LogP contribution is -2.37. The smallest absolute Gasteiger partial charge is 0.0965 e. The van der Waals surface area contributed by atoms with E-state index in [4.69, 9.17) is 0 Å². The summed E-state index contributed by atoms with van der Waals surface area (Å²) in [6, 6.07) is 0. The number of aromatic nitrogens is 1. The zero-order valence-electron chi connectivity index (χ0n) is 10.8. The van der Waals surface area contributed by atoms with Crippen molar-refractivity contribution in [2.24, 2.45) is 5.41 Å². The van der Waals surface area contributed by atoms with Crippen molar-refractivity contribution < 1.29 is 0 Å². The third-order valence-electron chi connectivity index (χ3n) is 3.91. The third-order valence-corrected chi connectivity index (χ3v) is 4.91. The molecule has 0 aromatic carbocycles. The van der Waals surface area contributed by atoms with Crippen molar-refractivity contribution in [3.63, 3.8) is 0 Å². The topological polar surface area (TPSA) is 37.0 Å². The minimum atomic E-state index is 0.489. The van der Waals surface area contributed by atoms with Crippen molar-refractivity contribution in [3.05, 3.63) is 16.6 Å². The zero-order valence-corrected chi connectivity index (χ0v) is 11.6. The highest BCUT2D eigenvalue weighted by molar-refractivity contribution is 7.09. The van der Waals surface area contributed by atoms with Gasteiger partial charge in [0.1, 0.15) is 0 Å². The SMILES string of the molecule is CCC1(CNCC(C)c2nccs2)CCNC1. The summed E-state index contributed by atoms with van der Waals surface area (Å²) in [5, 5.41) is 10.4. The summed E-state index contributed by atoms with van der Waals surface area (Å²) in [4.78, 5) is 4.37. The maximum absolute atomic E-state index is 4.37. The fourth-order valence-corrected chi connectivity index (χ4v) is 3.19. The Morgan fingerprint density at radius 3 is 3.12 bits per heavy atom. The maximum atomic E-state index is 4.37. The quantitative estimate of drug-likeness (QED) is 0.816. The van der Waals surface area contributed by atoms with Crippen LogP contribution in [-0.2, 0) is 0 Å². The third kappa shape index (κ3) is 3.27. The van der Waals surface area contributed by atoms with Crippen LogP contribution in [0.3, 0.4) is 0 Å². The van der Waals surface area contributed by atoms with Crippen molar-refractivity contribution >= 4 is 11.3 Å². The number of thiazole rings is 1. The summed E-state index contributed by atoms with van der Waals surface area (Å²) in [5.41, 5.74) is 0.489. The largest absolute Gasteiger partial charge is 0.316 e. The molecule has 0 radical (unpaired) electrons. The van der Waals surface area contributed by atoms with Crippen LogP contribution in [0.4, 0.5) is 0 Å². The molecule has 2 heterocycles. The Morgan fingerprint density at radius 1 is 1.65 bits per heavy atom. The van der Waals surface area contributed by atoms with Gasteiger partial charge in [0, 0.05) is 37.1 Å². The van der Waals surface area contributed by atoms with E-state index in [1.807, 2.05) is 6.20 Å². The van der Waals surface area contributed by atoms with Gasteiger partial charge >= 0.3 is 0 Å². The van der Waals surface area contributed by atoms with E-state index in [9.17, 15) is 0 Å². The molecule has 2 N–H and O–H groups in total. The molecule has 3 nitrogen and oxygen atoms in total. The van der Waals surface area contributed by atoms with E-state index in [0.717, 1.165) is 13.1 Å². The highest BCUT2D eigenvalue weighted by Crippen LogP contribution is 2.28. The van der Waals surface area contributed by atoms with Crippen molar-refractivity contribution in [1.82, 2.24) is 15.6 Å². The molecule has 4 heteroatoms. The average Bonchev–Trinajstić information content (AvgIpc) is 3.01. The first-order valence-corrected chi connectivity index (χ1v) is 7.44. The molecule has 2 unspecified atom stereocenters. The number of hydrogen-bond acceptors (Lipinski definition) is 4. The van der Waals surface area contributed by atoms with Gasteiger partial charge in [0.05, 0.1) is 5.01 Å². The van der Waals surface area contributed by atoms with E-state index in [-0.39, 0.29) is 0 Å². The predicted molar refractivity (Wildman–Crippen MR) is 73.6 cm³/mol. The van der Waals surface area contributed by atoms with Gasteiger partial charge in [0.25, 0.3) is 0 Å². The Labute approximate surface area is 108 Å². The molecule has 2 atom stereocenters. The maximum Gasteiger partial charge on any atom is 0.0965 e. The van der Waals surface area contributed by atoms with Crippen LogP contribution < -0.4 is 10.6 Å². The lowest BCUT2D eigenvalue weighted by molar-refractivity contribution is 0.290. The monoisotopic (exact) mass is 253 g/mol. The van der Waals surface area contributed by atoms with E-state index < -0.39 is 0 Å². The predicted octanol–water partition coefficient (Wildman–Crippen LogP) is 2.23. The summed E-state index contributed by atoms with van der Waals surface area (Å²) in [5.74, 6) is 0.526. The Morgan fingerprint density at radius 2 is 2.53 bits per heavy atom. The minimum Gasteiger partial charge on any atom is -0.316 e. The van der Waals surface area contributed by atoms with Gasteiger partial charge in [-0.15, -0.1) is 11.3 Å². The summed E-state index contributed by atoms with van der Waals surface area (Å²) in [6.45, 7) is 9.07. The molecule has 0 saturated carbocycles. The van der Waals surface area contributed by atoms with Crippen LogP contribution in [0.15, 0.2) is 11.6 Å². The first-order chi connectivity index (χ1) is 8.26. The number of hydrogen-bond donors (Lipinski definition) is 2. The molecular weight excluding hydrogens is 230 g/mol. The molecular formula is C13H23N3S. The average molecular weight is 253 g/mol. The van der Waals surface area contributed by atoms with Gasteiger partial charge in [-0.2, -0.15) is 0 Å². The number of rotatable bonds is 6. The molecule has 2 rings (SSSR count). The molecule has 1 aromatic heterocycles. The van der Waals surface area contributed by atoms with E-state index >= 15 is 0 Å². The minimum absolute atomic E-state index is 0.489. The summed E-state index contributed by atoms with van der Waals surface area (Å²) < 4.78 is 0. The molecule has 17 heavy (non-hydrogen) atoms. The normalized spacial score (nSPS) is 26.2. The van der Waals surface area contributed by atoms with Gasteiger partial charge < -0.3 is 10.6 Å². The number of nitrogens with zero attached hydrogens (tertiary/aromatic N) is 1. The van der Waals surface area contributed by atoms with Crippen LogP contribution in [0.5, 0.6) is 0 Å². The highest BCUT2D eigenvalue weighted by Gasteiger charge is 2.31. The van der Waals surface area contributed by atoms with Crippen LogP contribution >= 0.6 is 11.3 Å². The van der Waals surface area contributed by atoms with Gasteiger partial charge in [-0.05, 0) is 24.8 Å². The molecule has 0 amide bonds.